The molecule has 6 nitrogen and oxygen atoms in total. The van der Waals surface area contributed by atoms with Crippen LogP contribution in [-0.4, -0.2) is 29.0 Å². The van der Waals surface area contributed by atoms with E-state index in [-0.39, 0.29) is 23.7 Å². The van der Waals surface area contributed by atoms with E-state index < -0.39 is 0 Å². The Bertz CT molecular complexity index is 643. The largest absolute Gasteiger partial charge is 0.348 e. The van der Waals surface area contributed by atoms with E-state index >= 15 is 0 Å². The number of benzene rings is 1. The summed E-state index contributed by atoms with van der Waals surface area (Å²) in [4.78, 5) is 28.4. The van der Waals surface area contributed by atoms with Crippen LogP contribution in [0, 0.1) is 0 Å². The first kappa shape index (κ1) is 13.4. The van der Waals surface area contributed by atoms with Gasteiger partial charge in [0.15, 0.2) is 0 Å². The lowest BCUT2D eigenvalue weighted by Crippen LogP contribution is -2.41. The second-order valence-electron chi connectivity index (χ2n) is 4.62. The highest BCUT2D eigenvalue weighted by molar-refractivity contribution is 5.82. The highest BCUT2D eigenvalue weighted by Crippen LogP contribution is 2.16. The molecule has 102 valence electrons. The maximum absolute atomic E-state index is 11.8. The van der Waals surface area contributed by atoms with Gasteiger partial charge in [-0.1, -0.05) is 6.07 Å². The normalized spacial score (nSPS) is 14.3. The molecular formula is C13H18N4O2. The fraction of sp³-hybridized carbons (Fsp3) is 0.385. The summed E-state index contributed by atoms with van der Waals surface area (Å²) in [7, 11) is 1.74. The molecule has 0 aliphatic heterocycles. The molecule has 1 aromatic carbocycles. The monoisotopic (exact) mass is 262 g/mol. The lowest BCUT2D eigenvalue weighted by Gasteiger charge is -2.17. The molecule has 0 radical (unpaired) electrons. The van der Waals surface area contributed by atoms with Crippen molar-refractivity contribution in [2.75, 3.05) is 7.05 Å². The molecule has 0 spiro atoms. The summed E-state index contributed by atoms with van der Waals surface area (Å²) in [5.74, 6) is -0.0577. The first-order valence-corrected chi connectivity index (χ1v) is 6.21. The number of H-pyrrole nitrogens is 2. The van der Waals surface area contributed by atoms with Crippen molar-refractivity contribution >= 4 is 16.9 Å². The number of amides is 1. The van der Waals surface area contributed by atoms with E-state index in [1.165, 1.54) is 0 Å². The van der Waals surface area contributed by atoms with Crippen LogP contribution in [0.2, 0.25) is 0 Å². The van der Waals surface area contributed by atoms with Crippen LogP contribution in [0.1, 0.15) is 25.5 Å². The zero-order chi connectivity index (χ0) is 14.0. The topological polar surface area (TPSA) is 89.8 Å². The van der Waals surface area contributed by atoms with Gasteiger partial charge in [0.1, 0.15) is 0 Å². The fourth-order valence-electron chi connectivity index (χ4n) is 1.87. The molecule has 0 saturated heterocycles. The van der Waals surface area contributed by atoms with E-state index in [1.807, 2.05) is 25.1 Å². The number of fused-ring (bicyclic) bond motifs is 1. The van der Waals surface area contributed by atoms with Crippen LogP contribution in [0.3, 0.4) is 0 Å². The Morgan fingerprint density at radius 1 is 1.21 bits per heavy atom. The molecule has 1 heterocycles. The van der Waals surface area contributed by atoms with Gasteiger partial charge in [0.2, 0.25) is 5.91 Å². The van der Waals surface area contributed by atoms with Crippen molar-refractivity contribution in [3.05, 3.63) is 34.2 Å². The van der Waals surface area contributed by atoms with E-state index in [1.54, 1.807) is 14.0 Å². The van der Waals surface area contributed by atoms with Gasteiger partial charge in [0.25, 0.3) is 0 Å². The Hall–Kier alpha value is -2.08. The summed E-state index contributed by atoms with van der Waals surface area (Å²) in [6.45, 7) is 3.71. The Balaban J connectivity index is 2.19. The molecular weight excluding hydrogens is 244 g/mol. The molecule has 2 unspecified atom stereocenters. The van der Waals surface area contributed by atoms with Gasteiger partial charge in [-0.25, -0.2) is 4.79 Å². The van der Waals surface area contributed by atoms with Crippen molar-refractivity contribution in [1.82, 2.24) is 20.6 Å². The lowest BCUT2D eigenvalue weighted by atomic mass is 10.1. The summed E-state index contributed by atoms with van der Waals surface area (Å²) in [6, 6.07) is 5.22. The summed E-state index contributed by atoms with van der Waals surface area (Å²) in [6.07, 6.45) is 0. The second-order valence-corrected chi connectivity index (χ2v) is 4.62. The molecule has 2 rings (SSSR count). The van der Waals surface area contributed by atoms with Gasteiger partial charge in [0, 0.05) is 0 Å². The Labute approximate surface area is 110 Å². The molecule has 2 atom stereocenters. The van der Waals surface area contributed by atoms with Crippen molar-refractivity contribution in [3.8, 4) is 0 Å². The average molecular weight is 262 g/mol. The molecule has 19 heavy (non-hydrogen) atoms. The number of hydrogen-bond acceptors (Lipinski definition) is 3. The van der Waals surface area contributed by atoms with Crippen LogP contribution in [0.5, 0.6) is 0 Å². The quantitative estimate of drug-likeness (QED) is 0.652. The number of aromatic nitrogens is 2. The number of likely N-dealkylation sites (N-methyl/N-ethyl adjacent to an activating group) is 1. The number of imidazole rings is 1. The number of carbonyl (C=O) groups excluding carboxylic acids is 1. The molecule has 2 aromatic rings. The van der Waals surface area contributed by atoms with Crippen molar-refractivity contribution in [2.45, 2.75) is 25.9 Å². The van der Waals surface area contributed by atoms with Crippen molar-refractivity contribution in [2.24, 2.45) is 0 Å². The van der Waals surface area contributed by atoms with Gasteiger partial charge in [-0.2, -0.15) is 0 Å². The molecule has 0 aliphatic carbocycles. The summed E-state index contributed by atoms with van der Waals surface area (Å²) < 4.78 is 0. The Kier molecular flexibility index (Phi) is 3.71. The molecule has 1 aromatic heterocycles. The number of carbonyl (C=O) groups is 1. The third-order valence-electron chi connectivity index (χ3n) is 3.23. The van der Waals surface area contributed by atoms with Crippen LogP contribution in [0.4, 0.5) is 0 Å². The van der Waals surface area contributed by atoms with Gasteiger partial charge >= 0.3 is 5.69 Å². The number of aromatic amines is 2. The summed E-state index contributed by atoms with van der Waals surface area (Å²) >= 11 is 0. The van der Waals surface area contributed by atoms with Gasteiger partial charge < -0.3 is 20.6 Å². The van der Waals surface area contributed by atoms with Gasteiger partial charge in [0.05, 0.1) is 23.1 Å². The SMILES string of the molecule is CNC(C)C(=O)NC(C)c1ccc2[nH]c(=O)[nH]c2c1. The zero-order valence-electron chi connectivity index (χ0n) is 11.2. The maximum atomic E-state index is 11.8. The minimum absolute atomic E-state index is 0.0577. The smallest absolute Gasteiger partial charge is 0.323 e. The second kappa shape index (κ2) is 5.27. The Morgan fingerprint density at radius 3 is 2.58 bits per heavy atom. The molecule has 1 amide bonds. The molecule has 0 aliphatic rings. The maximum Gasteiger partial charge on any atom is 0.323 e. The third kappa shape index (κ3) is 2.85. The zero-order valence-corrected chi connectivity index (χ0v) is 11.2. The highest BCUT2D eigenvalue weighted by Gasteiger charge is 2.14. The highest BCUT2D eigenvalue weighted by atomic mass is 16.2. The third-order valence-corrected chi connectivity index (χ3v) is 3.23. The molecule has 6 heteroatoms. The standard InChI is InChI=1S/C13H18N4O2/c1-7(15-12(18)8(2)14-3)9-4-5-10-11(6-9)17-13(19)16-10/h4-8,14H,1-3H3,(H,15,18)(H2,16,17,19). The van der Waals surface area contributed by atoms with E-state index in [9.17, 15) is 9.59 Å². The van der Waals surface area contributed by atoms with E-state index in [4.69, 9.17) is 0 Å². The summed E-state index contributed by atoms with van der Waals surface area (Å²) in [5, 5.41) is 5.80. The molecule has 0 fully saturated rings. The van der Waals surface area contributed by atoms with Gasteiger partial charge in [-0.15, -0.1) is 0 Å². The Morgan fingerprint density at radius 2 is 1.89 bits per heavy atom. The molecule has 0 saturated carbocycles. The minimum Gasteiger partial charge on any atom is -0.348 e. The van der Waals surface area contributed by atoms with Crippen LogP contribution in [0.25, 0.3) is 11.0 Å². The summed E-state index contributed by atoms with van der Waals surface area (Å²) in [5.41, 5.74) is 2.22. The number of hydrogen-bond donors (Lipinski definition) is 4. The van der Waals surface area contributed by atoms with Gasteiger partial charge in [-0.3, -0.25) is 4.79 Å². The first-order chi connectivity index (χ1) is 9.01. The van der Waals surface area contributed by atoms with Crippen molar-refractivity contribution in [1.29, 1.82) is 0 Å². The predicted molar refractivity (Wildman–Crippen MR) is 74.0 cm³/mol. The molecule has 4 N–H and O–H groups in total. The van der Waals surface area contributed by atoms with E-state index in [2.05, 4.69) is 20.6 Å². The predicted octanol–water partition coefficient (Wildman–Crippen LogP) is 0.641. The average Bonchev–Trinajstić information content (AvgIpc) is 2.76. The van der Waals surface area contributed by atoms with Crippen LogP contribution in [-0.2, 0) is 4.79 Å². The van der Waals surface area contributed by atoms with Crippen molar-refractivity contribution < 1.29 is 4.79 Å². The minimum atomic E-state index is -0.238. The van der Waals surface area contributed by atoms with E-state index in [0.29, 0.717) is 0 Å². The molecule has 0 bridgehead atoms. The van der Waals surface area contributed by atoms with E-state index in [0.717, 1.165) is 16.6 Å². The number of nitrogens with one attached hydrogen (secondary N) is 4. The van der Waals surface area contributed by atoms with Crippen LogP contribution >= 0.6 is 0 Å². The van der Waals surface area contributed by atoms with Gasteiger partial charge in [-0.05, 0) is 38.6 Å². The first-order valence-electron chi connectivity index (χ1n) is 6.21. The lowest BCUT2D eigenvalue weighted by molar-refractivity contribution is -0.123. The van der Waals surface area contributed by atoms with Crippen molar-refractivity contribution in [3.63, 3.8) is 0 Å². The van der Waals surface area contributed by atoms with Crippen LogP contribution in [0.15, 0.2) is 23.0 Å². The van der Waals surface area contributed by atoms with Crippen LogP contribution < -0.4 is 16.3 Å². The fourth-order valence-corrected chi connectivity index (χ4v) is 1.87. The number of rotatable bonds is 4.